The molecule has 3 rings (SSSR count). The number of hydrogen-bond donors (Lipinski definition) is 0. The molecule has 2 aromatic rings. The summed E-state index contributed by atoms with van der Waals surface area (Å²) in [5.41, 5.74) is 0. The standard InChI is InChI=1S/C16H18N2O4S/c1-21-13-2-4-16(5-3-13)23(19,20)18-11-8-15(12-18)22-14-6-9-17-10-7-14/h2-7,9-10,15H,8,11-12H2,1H3/t15-/m1/s1. The summed E-state index contributed by atoms with van der Waals surface area (Å²) in [4.78, 5) is 4.20. The van der Waals surface area contributed by atoms with Crippen LogP contribution in [0.2, 0.25) is 0 Å². The molecule has 0 radical (unpaired) electrons. The summed E-state index contributed by atoms with van der Waals surface area (Å²) >= 11 is 0. The maximum Gasteiger partial charge on any atom is 0.243 e. The predicted octanol–water partition coefficient (Wildman–Crippen LogP) is 1.93. The minimum absolute atomic E-state index is 0.148. The summed E-state index contributed by atoms with van der Waals surface area (Å²) < 4.78 is 37.6. The van der Waals surface area contributed by atoms with Crippen molar-refractivity contribution in [1.29, 1.82) is 0 Å². The van der Waals surface area contributed by atoms with E-state index in [1.54, 1.807) is 55.9 Å². The van der Waals surface area contributed by atoms with Gasteiger partial charge in [0, 0.05) is 18.9 Å². The first-order valence-electron chi connectivity index (χ1n) is 7.30. The summed E-state index contributed by atoms with van der Waals surface area (Å²) in [6.07, 6.45) is 3.81. The maximum absolute atomic E-state index is 12.7. The average Bonchev–Trinajstić information content (AvgIpc) is 3.05. The van der Waals surface area contributed by atoms with E-state index in [4.69, 9.17) is 9.47 Å². The fourth-order valence-corrected chi connectivity index (χ4v) is 4.00. The third-order valence-corrected chi connectivity index (χ3v) is 5.64. The van der Waals surface area contributed by atoms with Gasteiger partial charge >= 0.3 is 0 Å². The minimum atomic E-state index is -3.50. The van der Waals surface area contributed by atoms with E-state index in [9.17, 15) is 8.42 Å². The van der Waals surface area contributed by atoms with Crippen molar-refractivity contribution in [3.63, 3.8) is 0 Å². The first kappa shape index (κ1) is 15.8. The van der Waals surface area contributed by atoms with Crippen LogP contribution in [0.4, 0.5) is 0 Å². The molecule has 1 fully saturated rings. The number of hydrogen-bond acceptors (Lipinski definition) is 5. The molecular formula is C16H18N2O4S. The molecule has 0 amide bonds. The first-order valence-corrected chi connectivity index (χ1v) is 8.74. The summed E-state index contributed by atoms with van der Waals surface area (Å²) in [6.45, 7) is 0.792. The number of aromatic nitrogens is 1. The summed E-state index contributed by atoms with van der Waals surface area (Å²) in [7, 11) is -1.96. The van der Waals surface area contributed by atoms with E-state index >= 15 is 0 Å². The molecule has 1 aliphatic rings. The summed E-state index contributed by atoms with van der Waals surface area (Å²) in [6, 6.07) is 9.94. The number of benzene rings is 1. The van der Waals surface area contributed by atoms with E-state index < -0.39 is 10.0 Å². The SMILES string of the molecule is COc1ccc(S(=O)(=O)N2CC[C@@H](Oc3ccncc3)C2)cc1. The van der Waals surface area contributed by atoms with E-state index in [2.05, 4.69) is 4.98 Å². The molecular weight excluding hydrogens is 316 g/mol. The van der Waals surface area contributed by atoms with Crippen molar-refractivity contribution in [2.45, 2.75) is 17.4 Å². The van der Waals surface area contributed by atoms with Crippen LogP contribution in [0.5, 0.6) is 11.5 Å². The van der Waals surface area contributed by atoms with Crippen LogP contribution in [0.25, 0.3) is 0 Å². The van der Waals surface area contributed by atoms with Crippen molar-refractivity contribution in [3.05, 3.63) is 48.8 Å². The lowest BCUT2D eigenvalue weighted by Gasteiger charge is -2.17. The predicted molar refractivity (Wildman–Crippen MR) is 85.0 cm³/mol. The second-order valence-corrected chi connectivity index (χ2v) is 7.19. The van der Waals surface area contributed by atoms with Crippen LogP contribution in [0.1, 0.15) is 6.42 Å². The first-order chi connectivity index (χ1) is 11.1. The molecule has 0 saturated carbocycles. The van der Waals surface area contributed by atoms with Gasteiger partial charge in [0.05, 0.1) is 18.6 Å². The second kappa shape index (κ2) is 6.55. The zero-order valence-corrected chi connectivity index (χ0v) is 13.6. The van der Waals surface area contributed by atoms with Crippen LogP contribution in [-0.2, 0) is 10.0 Å². The Morgan fingerprint density at radius 3 is 2.43 bits per heavy atom. The molecule has 1 atom stereocenters. The maximum atomic E-state index is 12.7. The van der Waals surface area contributed by atoms with E-state index in [1.165, 1.54) is 4.31 Å². The largest absolute Gasteiger partial charge is 0.497 e. The van der Waals surface area contributed by atoms with Gasteiger partial charge in [-0.05, 0) is 42.8 Å². The number of sulfonamides is 1. The zero-order valence-electron chi connectivity index (χ0n) is 12.8. The Labute approximate surface area is 135 Å². The molecule has 0 aliphatic carbocycles. The van der Waals surface area contributed by atoms with Crippen molar-refractivity contribution in [2.24, 2.45) is 0 Å². The molecule has 1 saturated heterocycles. The fraction of sp³-hybridized carbons (Fsp3) is 0.312. The topological polar surface area (TPSA) is 68.7 Å². The molecule has 1 aliphatic heterocycles. The van der Waals surface area contributed by atoms with Gasteiger partial charge < -0.3 is 9.47 Å². The fourth-order valence-electron chi connectivity index (χ4n) is 2.52. The Kier molecular flexibility index (Phi) is 4.49. The van der Waals surface area contributed by atoms with Gasteiger partial charge in [0.15, 0.2) is 0 Å². The van der Waals surface area contributed by atoms with Gasteiger partial charge in [-0.15, -0.1) is 0 Å². The minimum Gasteiger partial charge on any atom is -0.497 e. The number of nitrogens with zero attached hydrogens (tertiary/aromatic N) is 2. The van der Waals surface area contributed by atoms with Crippen molar-refractivity contribution >= 4 is 10.0 Å². The Balaban J connectivity index is 1.69. The Bertz CT molecular complexity index is 747. The third kappa shape index (κ3) is 3.46. The van der Waals surface area contributed by atoms with Gasteiger partial charge in [-0.2, -0.15) is 4.31 Å². The van der Waals surface area contributed by atoms with Crippen LogP contribution in [0, 0.1) is 0 Å². The molecule has 2 heterocycles. The van der Waals surface area contributed by atoms with Crippen LogP contribution >= 0.6 is 0 Å². The highest BCUT2D eigenvalue weighted by molar-refractivity contribution is 7.89. The van der Waals surface area contributed by atoms with E-state index in [-0.39, 0.29) is 11.0 Å². The molecule has 1 aromatic carbocycles. The normalized spacial score (nSPS) is 18.7. The zero-order chi connectivity index (χ0) is 16.3. The lowest BCUT2D eigenvalue weighted by Crippen LogP contribution is -2.31. The lowest BCUT2D eigenvalue weighted by atomic mass is 10.3. The highest BCUT2D eigenvalue weighted by Crippen LogP contribution is 2.25. The van der Waals surface area contributed by atoms with Crippen molar-refractivity contribution in [1.82, 2.24) is 9.29 Å². The lowest BCUT2D eigenvalue weighted by molar-refractivity contribution is 0.215. The van der Waals surface area contributed by atoms with Crippen LogP contribution < -0.4 is 9.47 Å². The van der Waals surface area contributed by atoms with Crippen molar-refractivity contribution < 1.29 is 17.9 Å². The van der Waals surface area contributed by atoms with Crippen molar-refractivity contribution in [3.8, 4) is 11.5 Å². The number of methoxy groups -OCH3 is 1. The quantitative estimate of drug-likeness (QED) is 0.836. The van der Waals surface area contributed by atoms with Crippen LogP contribution in [0.15, 0.2) is 53.7 Å². The molecule has 122 valence electrons. The number of pyridine rings is 1. The molecule has 7 heteroatoms. The van der Waals surface area contributed by atoms with Crippen LogP contribution in [-0.4, -0.2) is 44.0 Å². The summed E-state index contributed by atoms with van der Waals surface area (Å²) in [5, 5.41) is 0. The van der Waals surface area contributed by atoms with E-state index in [1.807, 2.05) is 0 Å². The summed E-state index contributed by atoms with van der Waals surface area (Å²) in [5.74, 6) is 1.33. The number of rotatable bonds is 5. The molecule has 0 bridgehead atoms. The van der Waals surface area contributed by atoms with Gasteiger partial charge in [-0.1, -0.05) is 0 Å². The molecule has 0 N–H and O–H groups in total. The Morgan fingerprint density at radius 2 is 1.78 bits per heavy atom. The number of ether oxygens (including phenoxy) is 2. The smallest absolute Gasteiger partial charge is 0.243 e. The average molecular weight is 334 g/mol. The monoisotopic (exact) mass is 334 g/mol. The second-order valence-electron chi connectivity index (χ2n) is 5.25. The molecule has 1 aromatic heterocycles. The highest BCUT2D eigenvalue weighted by Gasteiger charge is 2.33. The highest BCUT2D eigenvalue weighted by atomic mass is 32.2. The van der Waals surface area contributed by atoms with E-state index in [0.29, 0.717) is 31.0 Å². The van der Waals surface area contributed by atoms with Gasteiger partial charge in [-0.25, -0.2) is 8.42 Å². The van der Waals surface area contributed by atoms with E-state index in [0.717, 1.165) is 0 Å². The van der Waals surface area contributed by atoms with Gasteiger partial charge in [0.1, 0.15) is 17.6 Å². The molecule has 23 heavy (non-hydrogen) atoms. The third-order valence-electron chi connectivity index (χ3n) is 3.76. The van der Waals surface area contributed by atoms with Crippen LogP contribution in [0.3, 0.4) is 0 Å². The van der Waals surface area contributed by atoms with Crippen molar-refractivity contribution in [2.75, 3.05) is 20.2 Å². The molecule has 6 nitrogen and oxygen atoms in total. The Hall–Kier alpha value is -2.12. The molecule has 0 spiro atoms. The van der Waals surface area contributed by atoms with Gasteiger partial charge in [-0.3, -0.25) is 4.98 Å². The van der Waals surface area contributed by atoms with Gasteiger partial charge in [0.25, 0.3) is 0 Å². The Morgan fingerprint density at radius 1 is 1.09 bits per heavy atom. The molecule has 0 unspecified atom stereocenters. The van der Waals surface area contributed by atoms with Gasteiger partial charge in [0.2, 0.25) is 10.0 Å².